The van der Waals surface area contributed by atoms with Gasteiger partial charge < -0.3 is 10.1 Å². The summed E-state index contributed by atoms with van der Waals surface area (Å²) in [6.45, 7) is 10.8. The first-order valence-corrected chi connectivity index (χ1v) is 4.74. The monoisotopic (exact) mass is 175 g/mol. The molecule has 0 saturated carbocycles. The minimum absolute atomic E-state index is 0. The van der Waals surface area contributed by atoms with Crippen molar-refractivity contribution in [3.05, 3.63) is 0 Å². The van der Waals surface area contributed by atoms with E-state index >= 15 is 0 Å². The quantitative estimate of drug-likeness (QED) is 0.647. The molecule has 0 fully saturated rings. The molecule has 0 spiro atoms. The number of hydrogen-bond acceptors (Lipinski definition) is 2. The minimum Gasteiger partial charge on any atom is -0.383 e. The van der Waals surface area contributed by atoms with Crippen molar-refractivity contribution < 1.29 is 6.16 Å². The smallest absolute Gasteiger partial charge is 0.0587 e. The molecule has 0 saturated heterocycles. The Morgan fingerprint density at radius 2 is 2.00 bits per heavy atom. The third-order valence-electron chi connectivity index (χ3n) is 2.15. The molecule has 0 rings (SSSR count). The molecule has 0 amide bonds. The summed E-state index contributed by atoms with van der Waals surface area (Å²) in [5, 5.41) is 3.49. The molecular formula is C10H25NO. The molecule has 0 aliphatic rings. The Bertz CT molecular complexity index is 112. The fraction of sp³-hybridized carbons (Fsp3) is 1.00. The second-order valence-electron chi connectivity index (χ2n) is 4.27. The first-order chi connectivity index (χ1) is 5.52. The van der Waals surface area contributed by atoms with E-state index in [9.17, 15) is 0 Å². The van der Waals surface area contributed by atoms with E-state index < -0.39 is 0 Å². The van der Waals surface area contributed by atoms with E-state index in [0.29, 0.717) is 11.5 Å². The second-order valence-corrected chi connectivity index (χ2v) is 4.27. The molecule has 0 aromatic carbocycles. The van der Waals surface area contributed by atoms with Gasteiger partial charge in [0.2, 0.25) is 0 Å². The zero-order chi connectivity index (χ0) is 9.61. The number of rotatable bonds is 5. The maximum Gasteiger partial charge on any atom is 0.0587 e. The number of methoxy groups -OCH3 is 1. The summed E-state index contributed by atoms with van der Waals surface area (Å²) in [5.74, 6) is 0. The molecule has 76 valence electrons. The molecule has 0 aliphatic heterocycles. The van der Waals surface area contributed by atoms with E-state index in [1.165, 1.54) is 6.42 Å². The minimum atomic E-state index is 0. The maximum atomic E-state index is 4.99. The molecule has 0 radical (unpaired) electrons. The molecule has 1 unspecified atom stereocenters. The van der Waals surface area contributed by atoms with Crippen molar-refractivity contribution in [2.75, 3.05) is 20.3 Å². The molecule has 2 heteroatoms. The van der Waals surface area contributed by atoms with Crippen LogP contribution in [0.15, 0.2) is 0 Å². The van der Waals surface area contributed by atoms with Gasteiger partial charge in [0.25, 0.3) is 0 Å². The zero-order valence-corrected chi connectivity index (χ0v) is 9.11. The predicted molar refractivity (Wildman–Crippen MR) is 55.5 cm³/mol. The maximum absolute atomic E-state index is 4.99. The van der Waals surface area contributed by atoms with Crippen molar-refractivity contribution in [1.82, 2.24) is 5.32 Å². The Kier molecular flexibility index (Phi) is 5.51. The van der Waals surface area contributed by atoms with E-state index in [4.69, 9.17) is 4.74 Å². The fourth-order valence-corrected chi connectivity index (χ4v) is 1.40. The standard InChI is InChI=1S/C10H23NO.H2/c1-6-9(10(2,3)4)11-7-8-12-5;/h9,11H,6-8H2,1-5H3;1H. The molecule has 0 aromatic rings. The summed E-state index contributed by atoms with van der Waals surface area (Å²) >= 11 is 0. The summed E-state index contributed by atoms with van der Waals surface area (Å²) in [5.41, 5.74) is 0.350. The van der Waals surface area contributed by atoms with Crippen LogP contribution in [0, 0.1) is 5.41 Å². The molecule has 12 heavy (non-hydrogen) atoms. The molecule has 0 bridgehead atoms. The van der Waals surface area contributed by atoms with Crippen LogP contribution in [0.5, 0.6) is 0 Å². The lowest BCUT2D eigenvalue weighted by atomic mass is 9.85. The average molecular weight is 175 g/mol. The van der Waals surface area contributed by atoms with Gasteiger partial charge in [-0.3, -0.25) is 0 Å². The second kappa shape index (κ2) is 5.55. The van der Waals surface area contributed by atoms with Gasteiger partial charge in [-0.2, -0.15) is 0 Å². The van der Waals surface area contributed by atoms with Gasteiger partial charge in [-0.1, -0.05) is 27.7 Å². The van der Waals surface area contributed by atoms with Crippen LogP contribution in [0.2, 0.25) is 0 Å². The first kappa shape index (κ1) is 11.9. The van der Waals surface area contributed by atoms with E-state index in [-0.39, 0.29) is 1.43 Å². The van der Waals surface area contributed by atoms with Crippen LogP contribution in [-0.2, 0) is 4.74 Å². The third-order valence-corrected chi connectivity index (χ3v) is 2.15. The summed E-state index contributed by atoms with van der Waals surface area (Å²) < 4.78 is 4.99. The first-order valence-electron chi connectivity index (χ1n) is 4.74. The van der Waals surface area contributed by atoms with E-state index in [2.05, 4.69) is 33.0 Å². The number of hydrogen-bond donors (Lipinski definition) is 1. The van der Waals surface area contributed by atoms with Gasteiger partial charge in [0.05, 0.1) is 6.61 Å². The van der Waals surface area contributed by atoms with Crippen molar-refractivity contribution in [2.45, 2.75) is 40.2 Å². The van der Waals surface area contributed by atoms with Crippen LogP contribution in [0.25, 0.3) is 0 Å². The number of ether oxygens (including phenoxy) is 1. The van der Waals surface area contributed by atoms with Crippen LogP contribution in [0.3, 0.4) is 0 Å². The van der Waals surface area contributed by atoms with Crippen molar-refractivity contribution in [3.63, 3.8) is 0 Å². The van der Waals surface area contributed by atoms with Crippen LogP contribution >= 0.6 is 0 Å². The van der Waals surface area contributed by atoms with Crippen LogP contribution in [-0.4, -0.2) is 26.3 Å². The summed E-state index contributed by atoms with van der Waals surface area (Å²) in [7, 11) is 1.74. The Morgan fingerprint density at radius 1 is 1.42 bits per heavy atom. The van der Waals surface area contributed by atoms with Crippen molar-refractivity contribution in [2.24, 2.45) is 5.41 Å². The highest BCUT2D eigenvalue weighted by Gasteiger charge is 2.21. The van der Waals surface area contributed by atoms with Crippen LogP contribution in [0.4, 0.5) is 0 Å². The highest BCUT2D eigenvalue weighted by molar-refractivity contribution is 4.78. The topological polar surface area (TPSA) is 21.3 Å². The molecule has 1 N–H and O–H groups in total. The Balaban J connectivity index is 0. The largest absolute Gasteiger partial charge is 0.383 e. The van der Waals surface area contributed by atoms with Crippen molar-refractivity contribution in [1.29, 1.82) is 0 Å². The predicted octanol–water partition coefficient (Wildman–Crippen LogP) is 2.29. The van der Waals surface area contributed by atoms with Crippen LogP contribution in [0.1, 0.15) is 35.5 Å². The highest BCUT2D eigenvalue weighted by Crippen LogP contribution is 2.21. The summed E-state index contributed by atoms with van der Waals surface area (Å²) in [6, 6.07) is 0.590. The summed E-state index contributed by atoms with van der Waals surface area (Å²) in [6.07, 6.45) is 1.17. The van der Waals surface area contributed by atoms with Gasteiger partial charge in [0, 0.05) is 21.1 Å². The molecule has 0 aliphatic carbocycles. The van der Waals surface area contributed by atoms with Crippen LogP contribution < -0.4 is 5.32 Å². The average Bonchev–Trinajstić information content (AvgIpc) is 1.95. The van der Waals surface area contributed by atoms with E-state index in [1.54, 1.807) is 7.11 Å². The lowest BCUT2D eigenvalue weighted by Gasteiger charge is -2.30. The molecule has 2 nitrogen and oxygen atoms in total. The van der Waals surface area contributed by atoms with Gasteiger partial charge in [0.15, 0.2) is 0 Å². The van der Waals surface area contributed by atoms with Crippen molar-refractivity contribution in [3.8, 4) is 0 Å². The SMILES string of the molecule is CCC(NCCOC)C(C)(C)C.[HH]. The summed E-state index contributed by atoms with van der Waals surface area (Å²) in [4.78, 5) is 0. The molecule has 0 aromatic heterocycles. The van der Waals surface area contributed by atoms with E-state index in [0.717, 1.165) is 13.2 Å². The Hall–Kier alpha value is -0.0800. The highest BCUT2D eigenvalue weighted by atomic mass is 16.5. The van der Waals surface area contributed by atoms with Gasteiger partial charge in [0.1, 0.15) is 0 Å². The normalized spacial score (nSPS) is 14.8. The van der Waals surface area contributed by atoms with Gasteiger partial charge in [-0.25, -0.2) is 0 Å². The van der Waals surface area contributed by atoms with Crippen molar-refractivity contribution >= 4 is 0 Å². The fourth-order valence-electron chi connectivity index (χ4n) is 1.40. The Labute approximate surface area is 78.2 Å². The van der Waals surface area contributed by atoms with Gasteiger partial charge >= 0.3 is 0 Å². The molecular weight excluding hydrogens is 150 g/mol. The lowest BCUT2D eigenvalue weighted by Crippen LogP contribution is -2.41. The third kappa shape index (κ3) is 4.73. The Morgan fingerprint density at radius 3 is 2.33 bits per heavy atom. The lowest BCUT2D eigenvalue weighted by molar-refractivity contribution is 0.179. The molecule has 0 heterocycles. The van der Waals surface area contributed by atoms with Gasteiger partial charge in [-0.15, -0.1) is 0 Å². The van der Waals surface area contributed by atoms with E-state index in [1.807, 2.05) is 0 Å². The van der Waals surface area contributed by atoms with Gasteiger partial charge in [-0.05, 0) is 11.8 Å². The molecule has 1 atom stereocenters. The zero-order valence-electron chi connectivity index (χ0n) is 9.11. The number of nitrogens with one attached hydrogen (secondary N) is 1.